The summed E-state index contributed by atoms with van der Waals surface area (Å²) in [6, 6.07) is 0. The number of rotatable bonds is 1. The lowest BCUT2D eigenvalue weighted by molar-refractivity contribution is -0.517. The molecule has 0 saturated carbocycles. The summed E-state index contributed by atoms with van der Waals surface area (Å²) in [5.41, 5.74) is 1.49. The first kappa shape index (κ1) is 10.8. The summed E-state index contributed by atoms with van der Waals surface area (Å²) in [6.45, 7) is 0. The molecule has 74 valence electrons. The molecule has 1 atom stereocenters. The number of halogens is 1. The van der Waals surface area contributed by atoms with Crippen LogP contribution in [0.15, 0.2) is 47.9 Å². The Morgan fingerprint density at radius 2 is 2.14 bits per heavy atom. The molecule has 0 fully saturated rings. The van der Waals surface area contributed by atoms with Gasteiger partial charge in [-0.25, -0.2) is 4.79 Å². The maximum absolute atomic E-state index is 10.8. The lowest BCUT2D eigenvalue weighted by Crippen LogP contribution is -3.00. The topological polar surface area (TPSA) is 53.9 Å². The van der Waals surface area contributed by atoms with E-state index in [1.54, 1.807) is 11.5 Å². The zero-order valence-electron chi connectivity index (χ0n) is 7.35. The molecule has 2 aliphatic rings. The van der Waals surface area contributed by atoms with Crippen molar-refractivity contribution in [1.82, 2.24) is 0 Å². The van der Waals surface area contributed by atoms with Crippen molar-refractivity contribution in [2.24, 2.45) is 5.92 Å². The van der Waals surface area contributed by atoms with E-state index in [-0.39, 0.29) is 18.3 Å². The lowest BCUT2D eigenvalue weighted by Gasteiger charge is -2.18. The molecule has 0 aromatic carbocycles. The predicted molar refractivity (Wildman–Crippen MR) is 47.5 cm³/mol. The van der Waals surface area contributed by atoms with Crippen molar-refractivity contribution < 1.29 is 27.6 Å². The summed E-state index contributed by atoms with van der Waals surface area (Å²) in [7, 11) is 0. The molecule has 1 aliphatic carbocycles. The molecular weight excluding hydrogens is 202 g/mol. The van der Waals surface area contributed by atoms with Crippen molar-refractivity contribution >= 4 is 5.97 Å². The average molecular weight is 212 g/mol. The van der Waals surface area contributed by atoms with Crippen LogP contribution in [0, 0.1) is 5.92 Å². The third-order valence-corrected chi connectivity index (χ3v) is 2.21. The van der Waals surface area contributed by atoms with Crippen LogP contribution in [-0.2, 0) is 4.79 Å². The second-order valence-electron chi connectivity index (χ2n) is 3.01. The summed E-state index contributed by atoms with van der Waals surface area (Å²) < 4.78 is 0. The number of quaternary nitrogens is 1. The molecule has 3 N–H and O–H groups in total. The minimum atomic E-state index is -0.841. The fourth-order valence-corrected chi connectivity index (χ4v) is 1.57. The number of hydrogen-bond acceptors (Lipinski definition) is 1. The summed E-state index contributed by atoms with van der Waals surface area (Å²) in [6.07, 6.45) is 11.2. The fraction of sp³-hybridized carbons (Fsp3) is 0.100. The molecule has 3 nitrogen and oxygen atoms in total. The van der Waals surface area contributed by atoms with Gasteiger partial charge in [0.2, 0.25) is 0 Å². The normalized spacial score (nSPS) is 23.0. The molecular formula is C10H10ClNO2. The van der Waals surface area contributed by atoms with E-state index in [4.69, 9.17) is 5.11 Å². The predicted octanol–water partition coefficient (Wildman–Crippen LogP) is -2.84. The summed E-state index contributed by atoms with van der Waals surface area (Å²) in [4.78, 5) is 10.8. The zero-order chi connectivity index (χ0) is 9.26. The maximum atomic E-state index is 10.8. The van der Waals surface area contributed by atoms with Crippen LogP contribution in [-0.4, -0.2) is 11.1 Å². The van der Waals surface area contributed by atoms with Gasteiger partial charge in [-0.15, -0.1) is 0 Å². The molecule has 0 amide bonds. The number of hydrogen-bond donors (Lipinski definition) is 2. The molecule has 0 saturated heterocycles. The van der Waals surface area contributed by atoms with Crippen LogP contribution in [0.4, 0.5) is 0 Å². The van der Waals surface area contributed by atoms with E-state index in [9.17, 15) is 4.79 Å². The van der Waals surface area contributed by atoms with Gasteiger partial charge in [0.25, 0.3) is 0 Å². The fourth-order valence-electron chi connectivity index (χ4n) is 1.57. The van der Waals surface area contributed by atoms with Crippen LogP contribution in [0.3, 0.4) is 0 Å². The Bertz CT molecular complexity index is 366. The Kier molecular flexibility index (Phi) is 3.28. The number of allylic oxidation sites excluding steroid dienone is 5. The van der Waals surface area contributed by atoms with Crippen molar-refractivity contribution in [3.05, 3.63) is 47.9 Å². The third kappa shape index (κ3) is 1.78. The van der Waals surface area contributed by atoms with E-state index < -0.39 is 5.97 Å². The standard InChI is InChI=1S/C10H9NO2.ClH/c12-10(13)9-6-11-5-7-3-1-2-4-8(7)9;/h1-6,8,11H,(H,12,13);1H. The van der Waals surface area contributed by atoms with Crippen molar-refractivity contribution in [2.45, 2.75) is 0 Å². The molecule has 0 aromatic rings. The molecule has 1 unspecified atom stereocenters. The molecule has 4 heteroatoms. The number of aliphatic carboxylic acids is 1. The van der Waals surface area contributed by atoms with E-state index in [2.05, 4.69) is 0 Å². The first-order valence-electron chi connectivity index (χ1n) is 4.12. The largest absolute Gasteiger partial charge is 1.00 e. The molecule has 14 heavy (non-hydrogen) atoms. The van der Waals surface area contributed by atoms with Gasteiger partial charge < -0.3 is 17.5 Å². The molecule has 0 spiro atoms. The van der Waals surface area contributed by atoms with Gasteiger partial charge in [-0.05, 0) is 0 Å². The molecule has 2 rings (SSSR count). The summed E-state index contributed by atoms with van der Waals surface area (Å²) >= 11 is 0. The van der Waals surface area contributed by atoms with Gasteiger partial charge in [-0.3, -0.25) is 5.32 Å². The number of nitrogens with two attached hydrogens (primary N) is 1. The zero-order valence-corrected chi connectivity index (χ0v) is 8.11. The second-order valence-corrected chi connectivity index (χ2v) is 3.01. The van der Waals surface area contributed by atoms with Gasteiger partial charge in [0.05, 0.1) is 0 Å². The lowest BCUT2D eigenvalue weighted by atomic mass is 9.87. The van der Waals surface area contributed by atoms with Gasteiger partial charge in [0, 0.05) is 11.5 Å². The first-order chi connectivity index (χ1) is 6.29. The first-order valence-corrected chi connectivity index (χ1v) is 4.12. The van der Waals surface area contributed by atoms with Crippen molar-refractivity contribution in [3.8, 4) is 0 Å². The smallest absolute Gasteiger partial charge is 0.337 e. The average Bonchev–Trinajstić information content (AvgIpc) is 2.17. The quantitative estimate of drug-likeness (QED) is 0.491. The Morgan fingerprint density at radius 1 is 1.36 bits per heavy atom. The van der Waals surface area contributed by atoms with Crippen LogP contribution in [0.5, 0.6) is 0 Å². The van der Waals surface area contributed by atoms with Gasteiger partial charge >= 0.3 is 5.97 Å². The van der Waals surface area contributed by atoms with Crippen LogP contribution < -0.4 is 17.7 Å². The van der Waals surface area contributed by atoms with Crippen molar-refractivity contribution in [2.75, 3.05) is 0 Å². The molecule has 0 radical (unpaired) electrons. The highest BCUT2D eigenvalue weighted by Gasteiger charge is 2.26. The van der Waals surface area contributed by atoms with E-state index in [1.165, 1.54) is 0 Å². The molecule has 1 heterocycles. The van der Waals surface area contributed by atoms with E-state index >= 15 is 0 Å². The molecule has 0 aromatic heterocycles. The van der Waals surface area contributed by atoms with Crippen molar-refractivity contribution in [1.29, 1.82) is 0 Å². The Labute approximate surface area is 87.9 Å². The summed E-state index contributed by atoms with van der Waals surface area (Å²) in [5.74, 6) is -0.903. The van der Waals surface area contributed by atoms with Crippen LogP contribution in [0.2, 0.25) is 0 Å². The van der Waals surface area contributed by atoms with Crippen LogP contribution in [0.1, 0.15) is 0 Å². The van der Waals surface area contributed by atoms with Crippen LogP contribution in [0.25, 0.3) is 0 Å². The van der Waals surface area contributed by atoms with E-state index in [0.29, 0.717) is 5.57 Å². The van der Waals surface area contributed by atoms with Crippen molar-refractivity contribution in [3.63, 3.8) is 0 Å². The van der Waals surface area contributed by atoms with E-state index in [1.807, 2.05) is 30.5 Å². The highest BCUT2D eigenvalue weighted by atomic mass is 35.5. The van der Waals surface area contributed by atoms with Gasteiger partial charge in [0.1, 0.15) is 18.0 Å². The molecule has 0 bridgehead atoms. The highest BCUT2D eigenvalue weighted by molar-refractivity contribution is 5.88. The highest BCUT2D eigenvalue weighted by Crippen LogP contribution is 2.26. The monoisotopic (exact) mass is 211 g/mol. The Balaban J connectivity index is 0.000000980. The maximum Gasteiger partial charge on any atom is 0.337 e. The number of carboxylic acids is 1. The number of carbonyl (C=O) groups is 1. The minimum absolute atomic E-state index is 0. The SMILES string of the molecule is O=C(O)C1=C[NH2+]C=C2C=CC=CC21.[Cl-]. The Morgan fingerprint density at radius 3 is 2.86 bits per heavy atom. The van der Waals surface area contributed by atoms with Gasteiger partial charge in [0.15, 0.2) is 0 Å². The Hall–Kier alpha value is -1.32. The number of carboxylic acid groups (broad SMARTS) is 1. The van der Waals surface area contributed by atoms with E-state index in [0.717, 1.165) is 5.57 Å². The minimum Gasteiger partial charge on any atom is -1.00 e. The van der Waals surface area contributed by atoms with Gasteiger partial charge in [-0.1, -0.05) is 24.3 Å². The number of fused-ring (bicyclic) bond motifs is 1. The third-order valence-electron chi connectivity index (χ3n) is 2.21. The summed E-state index contributed by atoms with van der Waals surface area (Å²) in [5, 5.41) is 10.7. The second kappa shape index (κ2) is 4.26. The molecule has 1 aliphatic heterocycles. The van der Waals surface area contributed by atoms with Crippen LogP contribution >= 0.6 is 0 Å². The van der Waals surface area contributed by atoms with Gasteiger partial charge in [-0.2, -0.15) is 0 Å².